The number of aromatic hydroxyl groups is 1. The number of hydrogen-bond acceptors (Lipinski definition) is 7. The predicted octanol–water partition coefficient (Wildman–Crippen LogP) is 5.71. The number of halogens is 4. The van der Waals surface area contributed by atoms with Gasteiger partial charge in [0.25, 0.3) is 0 Å². The normalized spacial score (nSPS) is 29.0. The lowest BCUT2D eigenvalue weighted by atomic mass is 9.92. The molecular formula is C31H33ClF3N5O2. The van der Waals surface area contributed by atoms with Gasteiger partial charge in [0.2, 0.25) is 0 Å². The Bertz CT molecular complexity index is 1580. The van der Waals surface area contributed by atoms with E-state index < -0.39 is 23.3 Å². The Balaban J connectivity index is 1.27. The summed E-state index contributed by atoms with van der Waals surface area (Å²) in [4.78, 5) is 13.5. The number of phenols is 1. The molecule has 6 heterocycles. The van der Waals surface area contributed by atoms with Crippen molar-refractivity contribution < 1.29 is 23.0 Å². The Morgan fingerprint density at radius 3 is 2.71 bits per heavy atom. The van der Waals surface area contributed by atoms with Gasteiger partial charge in [-0.05, 0) is 80.3 Å². The highest BCUT2D eigenvalue weighted by molar-refractivity contribution is 6.32. The fourth-order valence-corrected chi connectivity index (χ4v) is 8.27. The molecular weight excluding hydrogens is 567 g/mol. The monoisotopic (exact) mass is 599 g/mol. The molecule has 1 unspecified atom stereocenters. The van der Waals surface area contributed by atoms with Gasteiger partial charge in [-0.15, -0.1) is 0 Å². The van der Waals surface area contributed by atoms with Gasteiger partial charge in [0.15, 0.2) is 5.82 Å². The molecule has 42 heavy (non-hydrogen) atoms. The number of nitrogens with one attached hydrogen (secondary N) is 1. The Morgan fingerprint density at radius 2 is 1.98 bits per heavy atom. The number of phenolic OH excluding ortho intramolecular Hbond substituents is 1. The van der Waals surface area contributed by atoms with Gasteiger partial charge in [-0.2, -0.15) is 9.97 Å². The number of anilines is 1. The third kappa shape index (κ3) is 4.32. The molecule has 2 N–H and O–H groups in total. The molecule has 1 aromatic heterocycles. The van der Waals surface area contributed by atoms with E-state index in [9.17, 15) is 9.50 Å². The number of nitrogens with zero attached hydrogens (tertiary/aromatic N) is 4. The van der Waals surface area contributed by atoms with E-state index in [-0.39, 0.29) is 58.4 Å². The summed E-state index contributed by atoms with van der Waals surface area (Å²) < 4.78 is 53.3. The molecule has 3 aromatic rings. The highest BCUT2D eigenvalue weighted by atomic mass is 35.5. The molecule has 6 fully saturated rings. The van der Waals surface area contributed by atoms with Crippen LogP contribution in [0.15, 0.2) is 18.2 Å². The summed E-state index contributed by atoms with van der Waals surface area (Å²) >= 11 is 6.49. The van der Waals surface area contributed by atoms with E-state index in [0.29, 0.717) is 35.9 Å². The van der Waals surface area contributed by atoms with Gasteiger partial charge in [0.05, 0.1) is 11.1 Å². The van der Waals surface area contributed by atoms with Crippen molar-refractivity contribution in [1.29, 1.82) is 0 Å². The first-order valence-corrected chi connectivity index (χ1v) is 15.4. The third-order valence-corrected chi connectivity index (χ3v) is 10.4. The second-order valence-electron chi connectivity index (χ2n) is 12.8. The minimum atomic E-state index is -0.906. The first-order chi connectivity index (χ1) is 20.3. The number of fused-ring (bicyclic) bond motifs is 5. The summed E-state index contributed by atoms with van der Waals surface area (Å²) in [6, 6.07) is 4.49. The first-order valence-electron chi connectivity index (χ1n) is 15.0. The second-order valence-corrected chi connectivity index (χ2v) is 13.2. The molecule has 0 spiro atoms. The summed E-state index contributed by atoms with van der Waals surface area (Å²) in [5, 5.41) is 14.4. The zero-order chi connectivity index (χ0) is 28.7. The molecule has 7 nitrogen and oxygen atoms in total. The Labute approximate surface area is 247 Å². The van der Waals surface area contributed by atoms with Crippen LogP contribution in [0, 0.1) is 11.6 Å². The molecule has 0 amide bonds. The molecule has 1 saturated carbocycles. The highest BCUT2D eigenvalue weighted by Gasteiger charge is 2.49. The fourth-order valence-electron chi connectivity index (χ4n) is 7.90. The second kappa shape index (κ2) is 9.86. The smallest absolute Gasteiger partial charge is 0.319 e. The van der Waals surface area contributed by atoms with Crippen LogP contribution < -0.4 is 15.0 Å². The summed E-state index contributed by atoms with van der Waals surface area (Å²) in [5.41, 5.74) is 0.146. The Hall–Kier alpha value is -2.82. The lowest BCUT2D eigenvalue weighted by molar-refractivity contribution is 0.107. The van der Waals surface area contributed by atoms with Crippen LogP contribution in [-0.2, 0) is 0 Å². The van der Waals surface area contributed by atoms with Crippen LogP contribution in [0.2, 0.25) is 5.02 Å². The predicted molar refractivity (Wildman–Crippen MR) is 154 cm³/mol. The van der Waals surface area contributed by atoms with E-state index in [1.807, 2.05) is 0 Å². The van der Waals surface area contributed by atoms with Crippen LogP contribution in [0.25, 0.3) is 22.0 Å². The molecule has 4 atom stereocenters. The number of aromatic nitrogens is 2. The molecule has 2 aromatic carbocycles. The minimum absolute atomic E-state index is 0.00301. The number of hydrogen-bond donors (Lipinski definition) is 2. The molecule has 5 aliphatic heterocycles. The summed E-state index contributed by atoms with van der Waals surface area (Å²) in [6.07, 6.45) is 4.98. The van der Waals surface area contributed by atoms with E-state index in [1.54, 1.807) is 0 Å². The van der Waals surface area contributed by atoms with Crippen molar-refractivity contribution >= 4 is 28.3 Å². The number of piperazine rings is 1. The number of alkyl halides is 1. The number of rotatable bonds is 6. The van der Waals surface area contributed by atoms with Crippen LogP contribution in [0.5, 0.6) is 11.8 Å². The minimum Gasteiger partial charge on any atom is -0.508 e. The van der Waals surface area contributed by atoms with E-state index in [1.165, 1.54) is 18.2 Å². The van der Waals surface area contributed by atoms with Gasteiger partial charge >= 0.3 is 6.01 Å². The van der Waals surface area contributed by atoms with Crippen molar-refractivity contribution in [3.05, 3.63) is 40.4 Å². The number of ether oxygens (including phenoxy) is 1. The van der Waals surface area contributed by atoms with Gasteiger partial charge in [0.1, 0.15) is 35.7 Å². The topological polar surface area (TPSA) is 73.8 Å². The van der Waals surface area contributed by atoms with Crippen LogP contribution in [0.3, 0.4) is 0 Å². The quantitative estimate of drug-likeness (QED) is 0.376. The third-order valence-electron chi connectivity index (χ3n) is 10.1. The largest absolute Gasteiger partial charge is 0.508 e. The molecule has 11 heteroatoms. The van der Waals surface area contributed by atoms with E-state index >= 15 is 8.78 Å². The summed E-state index contributed by atoms with van der Waals surface area (Å²) in [6.45, 7) is 2.85. The Morgan fingerprint density at radius 1 is 1.12 bits per heavy atom. The highest BCUT2D eigenvalue weighted by Crippen LogP contribution is 2.50. The van der Waals surface area contributed by atoms with E-state index in [2.05, 4.69) is 20.1 Å². The summed E-state index contributed by atoms with van der Waals surface area (Å²) in [5.74, 6) is -1.23. The zero-order valence-electron chi connectivity index (χ0n) is 23.2. The van der Waals surface area contributed by atoms with Gasteiger partial charge in [-0.1, -0.05) is 11.6 Å². The van der Waals surface area contributed by atoms with E-state index in [0.717, 1.165) is 51.6 Å². The lowest BCUT2D eigenvalue weighted by Gasteiger charge is -2.46. The maximum atomic E-state index is 16.7. The maximum absolute atomic E-state index is 16.7. The lowest BCUT2D eigenvalue weighted by Crippen LogP contribution is -2.61. The van der Waals surface area contributed by atoms with Crippen molar-refractivity contribution in [3.63, 3.8) is 0 Å². The average molecular weight is 600 g/mol. The van der Waals surface area contributed by atoms with Crippen LogP contribution in [-0.4, -0.2) is 76.6 Å². The molecule has 0 radical (unpaired) electrons. The standard InChI is InChI=1S/C31H33ClF3N5O2/c32-23-9-20(41)8-21(25(23)16-2-3-16)26-24(34)10-22-28(27(26)35)37-30(38-29(22)40-14-18-4-5-19(40)12-36-18)42-15-31-6-1-7-39(31)13-17(33)11-31/h8-10,16-19,36,41H,1-7,11-15H2/t17-,18+,19?,31+/m1/s1. The molecule has 9 rings (SSSR count). The van der Waals surface area contributed by atoms with Crippen molar-refractivity contribution in [2.24, 2.45) is 0 Å². The first kappa shape index (κ1) is 26.8. The van der Waals surface area contributed by atoms with Crippen molar-refractivity contribution in [1.82, 2.24) is 20.2 Å². The van der Waals surface area contributed by atoms with Crippen LogP contribution in [0.4, 0.5) is 19.0 Å². The van der Waals surface area contributed by atoms with Crippen molar-refractivity contribution in [2.45, 2.75) is 74.7 Å². The number of benzene rings is 2. The van der Waals surface area contributed by atoms with Crippen molar-refractivity contribution in [3.8, 4) is 22.9 Å². The molecule has 5 saturated heterocycles. The van der Waals surface area contributed by atoms with E-state index in [4.69, 9.17) is 21.3 Å². The molecule has 2 bridgehead atoms. The molecule has 222 valence electrons. The maximum Gasteiger partial charge on any atom is 0.319 e. The van der Waals surface area contributed by atoms with Crippen LogP contribution in [0.1, 0.15) is 56.4 Å². The van der Waals surface area contributed by atoms with Gasteiger partial charge in [0, 0.05) is 48.5 Å². The fraction of sp³-hybridized carbons (Fsp3) is 0.548. The Kier molecular flexibility index (Phi) is 6.28. The van der Waals surface area contributed by atoms with Crippen LogP contribution >= 0.6 is 11.6 Å². The SMILES string of the molecule is Oc1cc(Cl)c(C2CC2)c(-c2c(F)cc3c(N4C[C@@H]5CCC4CN5)nc(OC[C@@]45CCCN4C[C@H](F)C5)nc3c2F)c1. The molecule has 1 aliphatic carbocycles. The average Bonchev–Trinajstić information content (AvgIpc) is 3.65. The van der Waals surface area contributed by atoms with Gasteiger partial charge < -0.3 is 20.1 Å². The summed E-state index contributed by atoms with van der Waals surface area (Å²) in [7, 11) is 0. The number of piperidine rings is 2. The van der Waals surface area contributed by atoms with Crippen molar-refractivity contribution in [2.75, 3.05) is 37.7 Å². The van der Waals surface area contributed by atoms with Gasteiger partial charge in [-0.3, -0.25) is 4.90 Å². The van der Waals surface area contributed by atoms with Gasteiger partial charge in [-0.25, -0.2) is 13.2 Å². The zero-order valence-corrected chi connectivity index (χ0v) is 23.9. The molecule has 6 aliphatic rings.